The molecule has 2 heteroatoms. The van der Waals surface area contributed by atoms with Crippen molar-refractivity contribution in [3.63, 3.8) is 0 Å². The van der Waals surface area contributed by atoms with Gasteiger partial charge in [0, 0.05) is 19.5 Å². The Morgan fingerprint density at radius 3 is 2.61 bits per heavy atom. The second-order valence-electron chi connectivity index (χ2n) is 5.13. The Bertz CT molecular complexity index is 256. The minimum absolute atomic E-state index is 0.994. The summed E-state index contributed by atoms with van der Waals surface area (Å²) in [6.45, 7) is 7.63. The van der Waals surface area contributed by atoms with Gasteiger partial charge in [-0.2, -0.15) is 0 Å². The summed E-state index contributed by atoms with van der Waals surface area (Å²) in [4.78, 5) is 6.90. The zero-order chi connectivity index (χ0) is 13.1. The van der Waals surface area contributed by atoms with Crippen molar-refractivity contribution >= 4 is 5.84 Å². The predicted molar refractivity (Wildman–Crippen MR) is 81.3 cm³/mol. The van der Waals surface area contributed by atoms with Crippen LogP contribution in [0.4, 0.5) is 0 Å². The molecule has 0 N–H and O–H groups in total. The van der Waals surface area contributed by atoms with Crippen molar-refractivity contribution in [1.29, 1.82) is 0 Å². The standard InChI is InChI=1S/C16H30N2/c1-3-5-6-7-8-9-10-11-12-14-18-15-13-17-16(18)4-2/h11-12H,3-10,13-15H2,1-2H3. The molecule has 0 aromatic carbocycles. The molecule has 1 rings (SSSR count). The molecule has 0 aromatic heterocycles. The second-order valence-corrected chi connectivity index (χ2v) is 5.13. The van der Waals surface area contributed by atoms with E-state index in [2.05, 4.69) is 35.9 Å². The maximum atomic E-state index is 4.50. The van der Waals surface area contributed by atoms with E-state index in [1.54, 1.807) is 0 Å². The van der Waals surface area contributed by atoms with Gasteiger partial charge in [0.25, 0.3) is 0 Å². The molecule has 1 aliphatic rings. The molecule has 104 valence electrons. The maximum Gasteiger partial charge on any atom is 0.0990 e. The molecule has 0 bridgehead atoms. The molecular weight excluding hydrogens is 220 g/mol. The number of allylic oxidation sites excluding steroid dienone is 1. The number of hydrogen-bond acceptors (Lipinski definition) is 2. The molecule has 0 aliphatic carbocycles. The summed E-state index contributed by atoms with van der Waals surface area (Å²) in [5, 5.41) is 0. The predicted octanol–water partition coefficient (Wildman–Crippen LogP) is 4.42. The topological polar surface area (TPSA) is 15.6 Å². The van der Waals surface area contributed by atoms with Crippen molar-refractivity contribution in [1.82, 2.24) is 4.90 Å². The highest BCUT2D eigenvalue weighted by Gasteiger charge is 2.12. The molecule has 0 saturated heterocycles. The van der Waals surface area contributed by atoms with Gasteiger partial charge in [0.2, 0.25) is 0 Å². The molecule has 0 radical (unpaired) electrons. The van der Waals surface area contributed by atoms with Crippen molar-refractivity contribution in [3.8, 4) is 0 Å². The van der Waals surface area contributed by atoms with Gasteiger partial charge >= 0.3 is 0 Å². The van der Waals surface area contributed by atoms with Gasteiger partial charge in [0.05, 0.1) is 12.4 Å². The van der Waals surface area contributed by atoms with Crippen molar-refractivity contribution < 1.29 is 0 Å². The number of aliphatic imine (C=N–C) groups is 1. The normalized spacial score (nSPS) is 15.7. The number of amidine groups is 1. The average molecular weight is 250 g/mol. The third kappa shape index (κ3) is 6.23. The van der Waals surface area contributed by atoms with Crippen LogP contribution in [0.5, 0.6) is 0 Å². The summed E-state index contributed by atoms with van der Waals surface area (Å²) in [5.74, 6) is 1.29. The van der Waals surface area contributed by atoms with E-state index in [9.17, 15) is 0 Å². The Hall–Kier alpha value is -0.790. The lowest BCUT2D eigenvalue weighted by molar-refractivity contribution is 0.498. The van der Waals surface area contributed by atoms with Crippen molar-refractivity contribution in [2.45, 2.75) is 65.2 Å². The Kier molecular flexibility index (Phi) is 8.62. The molecule has 18 heavy (non-hydrogen) atoms. The zero-order valence-electron chi connectivity index (χ0n) is 12.3. The van der Waals surface area contributed by atoms with Crippen molar-refractivity contribution in [3.05, 3.63) is 12.2 Å². The molecule has 0 unspecified atom stereocenters. The third-order valence-electron chi connectivity index (χ3n) is 3.56. The van der Waals surface area contributed by atoms with E-state index in [4.69, 9.17) is 0 Å². The summed E-state index contributed by atoms with van der Waals surface area (Å²) < 4.78 is 0. The Morgan fingerprint density at radius 1 is 1.06 bits per heavy atom. The Balaban J connectivity index is 1.96. The van der Waals surface area contributed by atoms with Crippen LogP contribution in [0.2, 0.25) is 0 Å². The smallest absolute Gasteiger partial charge is 0.0990 e. The number of rotatable bonds is 10. The Morgan fingerprint density at radius 2 is 1.83 bits per heavy atom. The Labute approximate surface area is 113 Å². The fourth-order valence-corrected chi connectivity index (χ4v) is 2.42. The largest absolute Gasteiger partial charge is 0.355 e. The van der Waals surface area contributed by atoms with E-state index < -0.39 is 0 Å². The van der Waals surface area contributed by atoms with E-state index in [-0.39, 0.29) is 0 Å². The minimum atomic E-state index is 0.994. The van der Waals surface area contributed by atoms with Crippen molar-refractivity contribution in [2.24, 2.45) is 4.99 Å². The van der Waals surface area contributed by atoms with Gasteiger partial charge in [0.15, 0.2) is 0 Å². The highest BCUT2D eigenvalue weighted by molar-refractivity contribution is 5.83. The van der Waals surface area contributed by atoms with E-state index in [1.807, 2.05) is 0 Å². The van der Waals surface area contributed by atoms with E-state index in [0.717, 1.165) is 26.1 Å². The van der Waals surface area contributed by atoms with Gasteiger partial charge in [0.1, 0.15) is 0 Å². The number of nitrogens with zero attached hydrogens (tertiary/aromatic N) is 2. The molecule has 0 spiro atoms. The van der Waals surface area contributed by atoms with E-state index in [0.29, 0.717) is 0 Å². The van der Waals surface area contributed by atoms with Gasteiger partial charge in [-0.25, -0.2) is 0 Å². The van der Waals surface area contributed by atoms with Crippen LogP contribution in [-0.4, -0.2) is 30.4 Å². The first-order valence-electron chi connectivity index (χ1n) is 7.81. The molecule has 1 heterocycles. The van der Waals surface area contributed by atoms with Crippen LogP contribution >= 0.6 is 0 Å². The quantitative estimate of drug-likeness (QED) is 0.414. The van der Waals surface area contributed by atoms with Gasteiger partial charge in [-0.05, 0) is 12.8 Å². The second kappa shape index (κ2) is 10.2. The summed E-state index contributed by atoms with van der Waals surface area (Å²) in [6, 6.07) is 0. The van der Waals surface area contributed by atoms with E-state index in [1.165, 1.54) is 50.8 Å². The lowest BCUT2D eigenvalue weighted by Gasteiger charge is -2.16. The van der Waals surface area contributed by atoms with Crippen molar-refractivity contribution in [2.75, 3.05) is 19.6 Å². The molecule has 1 aliphatic heterocycles. The van der Waals surface area contributed by atoms with Gasteiger partial charge in [-0.3, -0.25) is 4.99 Å². The minimum Gasteiger partial charge on any atom is -0.355 e. The first-order chi connectivity index (χ1) is 8.88. The number of unbranched alkanes of at least 4 members (excludes halogenated alkanes) is 6. The van der Waals surface area contributed by atoms with E-state index >= 15 is 0 Å². The van der Waals surface area contributed by atoms with Gasteiger partial charge in [-0.15, -0.1) is 0 Å². The molecule has 0 saturated carbocycles. The van der Waals surface area contributed by atoms with Crippen LogP contribution in [0.25, 0.3) is 0 Å². The van der Waals surface area contributed by atoms with Crippen LogP contribution < -0.4 is 0 Å². The molecular formula is C16H30N2. The fraction of sp³-hybridized carbons (Fsp3) is 0.812. The highest BCUT2D eigenvalue weighted by atomic mass is 15.2. The third-order valence-corrected chi connectivity index (χ3v) is 3.56. The fourth-order valence-electron chi connectivity index (χ4n) is 2.42. The summed E-state index contributed by atoms with van der Waals surface area (Å²) >= 11 is 0. The summed E-state index contributed by atoms with van der Waals surface area (Å²) in [5.41, 5.74) is 0. The van der Waals surface area contributed by atoms with Crippen LogP contribution in [0.3, 0.4) is 0 Å². The van der Waals surface area contributed by atoms with Crippen LogP contribution in [-0.2, 0) is 0 Å². The summed E-state index contributed by atoms with van der Waals surface area (Å²) in [6.07, 6.45) is 15.3. The van der Waals surface area contributed by atoms with Crippen LogP contribution in [0, 0.1) is 0 Å². The van der Waals surface area contributed by atoms with Crippen LogP contribution in [0.1, 0.15) is 65.2 Å². The average Bonchev–Trinajstić information content (AvgIpc) is 2.84. The zero-order valence-corrected chi connectivity index (χ0v) is 12.3. The number of hydrogen-bond donors (Lipinski definition) is 0. The molecule has 0 fully saturated rings. The highest BCUT2D eigenvalue weighted by Crippen LogP contribution is 2.08. The molecule has 2 nitrogen and oxygen atoms in total. The SMILES string of the molecule is CCCCCCCCC=CCN1CCN=C1CC. The first-order valence-corrected chi connectivity index (χ1v) is 7.81. The lowest BCUT2D eigenvalue weighted by Crippen LogP contribution is -2.27. The first kappa shape index (κ1) is 15.3. The molecule has 0 amide bonds. The van der Waals surface area contributed by atoms with Gasteiger partial charge < -0.3 is 4.90 Å². The maximum absolute atomic E-state index is 4.50. The van der Waals surface area contributed by atoms with Gasteiger partial charge in [-0.1, -0.05) is 58.1 Å². The monoisotopic (exact) mass is 250 g/mol. The lowest BCUT2D eigenvalue weighted by atomic mass is 10.1. The van der Waals surface area contributed by atoms with Crippen LogP contribution in [0.15, 0.2) is 17.1 Å². The molecule has 0 aromatic rings. The summed E-state index contributed by atoms with van der Waals surface area (Å²) in [7, 11) is 0. The molecule has 0 atom stereocenters.